The van der Waals surface area contributed by atoms with Crippen LogP contribution in [0.1, 0.15) is 47.9 Å². The topological polar surface area (TPSA) is 72.5 Å². The third-order valence-corrected chi connectivity index (χ3v) is 5.57. The number of H-pyrrole nitrogens is 1. The second kappa shape index (κ2) is 6.24. The number of aromatic nitrogens is 2. The van der Waals surface area contributed by atoms with Crippen molar-refractivity contribution in [2.24, 2.45) is 5.41 Å². The van der Waals surface area contributed by atoms with Gasteiger partial charge in [-0.15, -0.1) is 0 Å². The minimum atomic E-state index is -0.239. The molecular weight excluding hydrogens is 292 g/mol. The molecule has 2 N–H and O–H groups in total. The van der Waals surface area contributed by atoms with Crippen molar-refractivity contribution < 1.29 is 9.90 Å². The Balaban J connectivity index is 1.66. The van der Waals surface area contributed by atoms with Gasteiger partial charge in [0.05, 0.1) is 6.10 Å². The van der Waals surface area contributed by atoms with Crippen molar-refractivity contribution in [3.63, 3.8) is 0 Å². The number of aliphatic hydroxyl groups excluding tert-OH is 1. The molecule has 0 aliphatic carbocycles. The van der Waals surface area contributed by atoms with Gasteiger partial charge in [-0.3, -0.25) is 9.89 Å². The van der Waals surface area contributed by atoms with Crippen LogP contribution in [0, 0.1) is 12.3 Å². The average molecular weight is 320 g/mol. The highest BCUT2D eigenvalue weighted by Crippen LogP contribution is 2.39. The second-order valence-corrected chi connectivity index (χ2v) is 7.38. The van der Waals surface area contributed by atoms with E-state index >= 15 is 0 Å². The summed E-state index contributed by atoms with van der Waals surface area (Å²) in [5.74, 6) is 0.0398. The van der Waals surface area contributed by atoms with E-state index in [1.807, 2.05) is 11.8 Å². The Bertz CT molecular complexity index is 563. The molecular formula is C17H28N4O2. The molecule has 1 atom stereocenters. The van der Waals surface area contributed by atoms with Crippen molar-refractivity contribution in [2.45, 2.75) is 45.6 Å². The van der Waals surface area contributed by atoms with E-state index in [2.05, 4.69) is 29.1 Å². The third kappa shape index (κ3) is 3.15. The Morgan fingerprint density at radius 2 is 2.13 bits per heavy atom. The molecule has 6 nitrogen and oxygen atoms in total. The van der Waals surface area contributed by atoms with Crippen molar-refractivity contribution in [3.05, 3.63) is 17.0 Å². The molecule has 1 aromatic rings. The van der Waals surface area contributed by atoms with Crippen LogP contribution >= 0.6 is 0 Å². The number of likely N-dealkylation sites (tertiary alicyclic amines) is 2. The first kappa shape index (κ1) is 16.5. The summed E-state index contributed by atoms with van der Waals surface area (Å²) in [4.78, 5) is 16.9. The number of aryl methyl sites for hydroxylation is 1. The molecule has 3 heterocycles. The number of carbonyl (C=O) groups is 1. The Kier molecular flexibility index (Phi) is 4.47. The van der Waals surface area contributed by atoms with Gasteiger partial charge in [0.15, 0.2) is 5.69 Å². The quantitative estimate of drug-likeness (QED) is 0.859. The number of amides is 1. The summed E-state index contributed by atoms with van der Waals surface area (Å²) in [5, 5.41) is 17.3. The fraction of sp³-hybridized carbons (Fsp3) is 0.765. The average Bonchev–Trinajstić information content (AvgIpc) is 2.87. The maximum atomic E-state index is 12.7. The number of piperidine rings is 2. The summed E-state index contributed by atoms with van der Waals surface area (Å²) < 4.78 is 0. The Morgan fingerprint density at radius 3 is 2.70 bits per heavy atom. The first-order chi connectivity index (χ1) is 10.9. The molecule has 1 unspecified atom stereocenters. The first-order valence-corrected chi connectivity index (χ1v) is 8.64. The number of carbonyl (C=O) groups excluding carboxylic acids is 1. The lowest BCUT2D eigenvalue weighted by molar-refractivity contribution is -0.0287. The minimum absolute atomic E-state index is 0.0398. The Labute approximate surface area is 137 Å². The standard InChI is InChI=1S/C17H28N4O2/c1-4-14-12(2)15(19-18-14)16(23)21-7-5-17(6-8-21)9-13(22)10-20(3)11-17/h13,22H,4-11H2,1-3H3,(H,18,19). The molecule has 0 aromatic carbocycles. The van der Waals surface area contributed by atoms with Crippen LogP contribution in [0.15, 0.2) is 0 Å². The molecule has 2 aliphatic heterocycles. The molecule has 2 saturated heterocycles. The molecule has 1 spiro atoms. The number of nitrogens with one attached hydrogen (secondary N) is 1. The third-order valence-electron chi connectivity index (χ3n) is 5.57. The van der Waals surface area contributed by atoms with E-state index in [1.54, 1.807) is 0 Å². The van der Waals surface area contributed by atoms with Crippen LogP contribution in [-0.4, -0.2) is 70.3 Å². The van der Waals surface area contributed by atoms with Crippen LogP contribution in [0.3, 0.4) is 0 Å². The molecule has 1 amide bonds. The summed E-state index contributed by atoms with van der Waals surface area (Å²) in [6, 6.07) is 0. The largest absolute Gasteiger partial charge is 0.392 e. The summed E-state index contributed by atoms with van der Waals surface area (Å²) >= 11 is 0. The number of aliphatic hydroxyl groups is 1. The molecule has 3 rings (SSSR count). The number of β-amino-alcohol motifs (C(OH)–C–C–N with tert-alkyl or cyclic N) is 1. The van der Waals surface area contributed by atoms with Gasteiger partial charge >= 0.3 is 0 Å². The Hall–Kier alpha value is -1.40. The summed E-state index contributed by atoms with van der Waals surface area (Å²) in [6.07, 6.45) is 3.41. The number of likely N-dealkylation sites (N-methyl/N-ethyl adjacent to an activating group) is 1. The van der Waals surface area contributed by atoms with E-state index in [-0.39, 0.29) is 17.4 Å². The van der Waals surface area contributed by atoms with Gasteiger partial charge in [0.25, 0.3) is 5.91 Å². The molecule has 6 heteroatoms. The van der Waals surface area contributed by atoms with Crippen LogP contribution in [0.4, 0.5) is 0 Å². The van der Waals surface area contributed by atoms with Gasteiger partial charge in [-0.2, -0.15) is 5.10 Å². The van der Waals surface area contributed by atoms with Crippen LogP contribution in [0.25, 0.3) is 0 Å². The molecule has 0 saturated carbocycles. The van der Waals surface area contributed by atoms with Crippen molar-refractivity contribution in [2.75, 3.05) is 33.2 Å². The summed E-state index contributed by atoms with van der Waals surface area (Å²) in [5.41, 5.74) is 2.75. The lowest BCUT2D eigenvalue weighted by atomic mass is 9.71. The number of hydrogen-bond donors (Lipinski definition) is 2. The highest BCUT2D eigenvalue weighted by atomic mass is 16.3. The van der Waals surface area contributed by atoms with Gasteiger partial charge in [0, 0.05) is 37.4 Å². The van der Waals surface area contributed by atoms with Gasteiger partial charge in [0.2, 0.25) is 0 Å². The van der Waals surface area contributed by atoms with Gasteiger partial charge in [-0.1, -0.05) is 6.92 Å². The molecule has 128 valence electrons. The van der Waals surface area contributed by atoms with Crippen LogP contribution in [-0.2, 0) is 6.42 Å². The van der Waals surface area contributed by atoms with Crippen molar-refractivity contribution in [3.8, 4) is 0 Å². The first-order valence-electron chi connectivity index (χ1n) is 8.64. The summed E-state index contributed by atoms with van der Waals surface area (Å²) in [6.45, 7) is 7.32. The molecule has 1 aromatic heterocycles. The van der Waals surface area contributed by atoms with Gasteiger partial charge in [-0.25, -0.2) is 0 Å². The SMILES string of the molecule is CCc1[nH]nc(C(=O)N2CCC3(CC2)CC(O)CN(C)C3)c1C. The van der Waals surface area contributed by atoms with E-state index in [0.29, 0.717) is 5.69 Å². The van der Waals surface area contributed by atoms with Crippen molar-refractivity contribution in [1.82, 2.24) is 20.0 Å². The van der Waals surface area contributed by atoms with E-state index in [1.165, 1.54) is 0 Å². The zero-order chi connectivity index (χ0) is 16.6. The zero-order valence-corrected chi connectivity index (χ0v) is 14.4. The van der Waals surface area contributed by atoms with Crippen molar-refractivity contribution in [1.29, 1.82) is 0 Å². The van der Waals surface area contributed by atoms with Crippen LogP contribution in [0.2, 0.25) is 0 Å². The van der Waals surface area contributed by atoms with E-state index < -0.39 is 0 Å². The predicted molar refractivity (Wildman–Crippen MR) is 88.4 cm³/mol. The van der Waals surface area contributed by atoms with Gasteiger partial charge < -0.3 is 14.9 Å². The maximum Gasteiger partial charge on any atom is 0.274 e. The highest BCUT2D eigenvalue weighted by molar-refractivity contribution is 5.94. The molecule has 0 radical (unpaired) electrons. The molecule has 23 heavy (non-hydrogen) atoms. The molecule has 2 aliphatic rings. The fourth-order valence-corrected chi connectivity index (χ4v) is 4.31. The van der Waals surface area contributed by atoms with E-state index in [9.17, 15) is 9.90 Å². The normalized spacial score (nSPS) is 25.0. The van der Waals surface area contributed by atoms with Gasteiger partial charge in [0.1, 0.15) is 0 Å². The molecule has 2 fully saturated rings. The fourth-order valence-electron chi connectivity index (χ4n) is 4.31. The summed E-state index contributed by atoms with van der Waals surface area (Å²) in [7, 11) is 2.07. The van der Waals surface area contributed by atoms with Crippen LogP contribution in [0.5, 0.6) is 0 Å². The number of aromatic amines is 1. The zero-order valence-electron chi connectivity index (χ0n) is 14.4. The maximum absolute atomic E-state index is 12.7. The van der Waals surface area contributed by atoms with Crippen molar-refractivity contribution >= 4 is 5.91 Å². The minimum Gasteiger partial charge on any atom is -0.392 e. The smallest absolute Gasteiger partial charge is 0.274 e. The predicted octanol–water partition coefficient (Wildman–Crippen LogP) is 1.20. The van der Waals surface area contributed by atoms with E-state index in [4.69, 9.17) is 0 Å². The van der Waals surface area contributed by atoms with Crippen LogP contribution < -0.4 is 0 Å². The number of hydrogen-bond acceptors (Lipinski definition) is 4. The lowest BCUT2D eigenvalue weighted by Gasteiger charge is -2.48. The number of rotatable bonds is 2. The van der Waals surface area contributed by atoms with Gasteiger partial charge in [-0.05, 0) is 45.1 Å². The second-order valence-electron chi connectivity index (χ2n) is 7.38. The van der Waals surface area contributed by atoms with E-state index in [0.717, 1.165) is 63.1 Å². The highest BCUT2D eigenvalue weighted by Gasteiger charge is 2.41. The molecule has 0 bridgehead atoms. The monoisotopic (exact) mass is 320 g/mol. The number of nitrogens with zero attached hydrogens (tertiary/aromatic N) is 3. The lowest BCUT2D eigenvalue weighted by Crippen LogP contribution is -2.53. The Morgan fingerprint density at radius 1 is 1.43 bits per heavy atom.